The first kappa shape index (κ1) is 11.0. The van der Waals surface area contributed by atoms with Gasteiger partial charge in [0.2, 0.25) is 0 Å². The van der Waals surface area contributed by atoms with Gasteiger partial charge in [-0.05, 0) is 32.3 Å². The van der Waals surface area contributed by atoms with E-state index in [9.17, 15) is 4.79 Å². The molecule has 0 saturated carbocycles. The fourth-order valence-corrected chi connectivity index (χ4v) is 0.836. The molecule has 0 spiro atoms. The number of rotatable bonds is 5. The van der Waals surface area contributed by atoms with Gasteiger partial charge in [-0.2, -0.15) is 0 Å². The second kappa shape index (κ2) is 6.65. The lowest BCUT2D eigenvalue weighted by atomic mass is 10.2. The molecule has 0 heterocycles. The number of hydrogen-bond acceptors (Lipinski definition) is 2. The van der Waals surface area contributed by atoms with Crippen LogP contribution in [0.15, 0.2) is 24.5 Å². The Hall–Kier alpha value is -1.05. The Morgan fingerprint density at radius 3 is 2.58 bits per heavy atom. The Balaban J connectivity index is 3.54. The maximum Gasteiger partial charge on any atom is 0.307 e. The van der Waals surface area contributed by atoms with Crippen molar-refractivity contribution in [3.05, 3.63) is 24.5 Å². The zero-order valence-corrected chi connectivity index (χ0v) is 7.80. The first-order valence-corrected chi connectivity index (χ1v) is 4.13. The molecule has 2 nitrogen and oxygen atoms in total. The first-order chi connectivity index (χ1) is 5.66. The highest BCUT2D eigenvalue weighted by atomic mass is 16.5. The van der Waals surface area contributed by atoms with E-state index in [0.29, 0.717) is 5.76 Å². The van der Waals surface area contributed by atoms with Crippen molar-refractivity contribution in [2.24, 2.45) is 0 Å². The van der Waals surface area contributed by atoms with E-state index in [0.717, 1.165) is 19.3 Å². The molecule has 0 unspecified atom stereocenters. The molecule has 0 aliphatic heterocycles. The maximum absolute atomic E-state index is 10.5. The summed E-state index contributed by atoms with van der Waals surface area (Å²) in [5.74, 6) is 0.430. The fourth-order valence-electron chi connectivity index (χ4n) is 0.836. The molecule has 0 fully saturated rings. The highest BCUT2D eigenvalue weighted by Crippen LogP contribution is 2.02. The van der Waals surface area contributed by atoms with Crippen molar-refractivity contribution >= 4 is 5.97 Å². The molecular formula is C10H16O2. The number of carbonyl (C=O) groups excluding carboxylic acids is 1. The Labute approximate surface area is 73.9 Å². The molecule has 0 aliphatic carbocycles. The topological polar surface area (TPSA) is 26.3 Å². The molecule has 0 aliphatic rings. The zero-order chi connectivity index (χ0) is 9.40. The number of hydrogen-bond donors (Lipinski definition) is 0. The third kappa shape index (κ3) is 7.06. The molecule has 0 rings (SSSR count). The highest BCUT2D eigenvalue weighted by molar-refractivity contribution is 5.67. The first-order valence-electron chi connectivity index (χ1n) is 4.13. The second-order valence-corrected chi connectivity index (χ2v) is 2.63. The molecular weight excluding hydrogens is 152 g/mol. The van der Waals surface area contributed by atoms with Crippen LogP contribution in [0, 0.1) is 0 Å². The van der Waals surface area contributed by atoms with Crippen LogP contribution in [0.1, 0.15) is 33.1 Å². The van der Waals surface area contributed by atoms with Gasteiger partial charge in [-0.15, -0.1) is 6.58 Å². The molecule has 0 atom stereocenters. The summed E-state index contributed by atoms with van der Waals surface area (Å²) in [5, 5.41) is 0. The lowest BCUT2D eigenvalue weighted by Gasteiger charge is -1.99. The van der Waals surface area contributed by atoms with Gasteiger partial charge in [-0.25, -0.2) is 0 Å². The summed E-state index contributed by atoms with van der Waals surface area (Å²) in [7, 11) is 0. The molecule has 0 radical (unpaired) electrons. The van der Waals surface area contributed by atoms with Crippen LogP contribution in [-0.2, 0) is 9.53 Å². The van der Waals surface area contributed by atoms with Crippen LogP contribution in [0.25, 0.3) is 0 Å². The second-order valence-electron chi connectivity index (χ2n) is 2.63. The van der Waals surface area contributed by atoms with Crippen LogP contribution in [0.2, 0.25) is 0 Å². The van der Waals surface area contributed by atoms with Crippen molar-refractivity contribution in [3.8, 4) is 0 Å². The highest BCUT2D eigenvalue weighted by Gasteiger charge is 1.93. The number of ether oxygens (including phenoxy) is 1. The lowest BCUT2D eigenvalue weighted by Crippen LogP contribution is -1.95. The van der Waals surface area contributed by atoms with E-state index in [2.05, 4.69) is 6.58 Å². The standard InChI is InChI=1S/C10H16O2/c1-4-5-6-7-8-9(2)12-10(3)11/h4,8H,1,5-7H2,2-3H3. The van der Waals surface area contributed by atoms with E-state index >= 15 is 0 Å². The van der Waals surface area contributed by atoms with E-state index < -0.39 is 0 Å². The Morgan fingerprint density at radius 2 is 2.08 bits per heavy atom. The summed E-state index contributed by atoms with van der Waals surface area (Å²) in [6.07, 6.45) is 6.80. The van der Waals surface area contributed by atoms with Crippen molar-refractivity contribution < 1.29 is 9.53 Å². The van der Waals surface area contributed by atoms with E-state index in [1.165, 1.54) is 6.92 Å². The van der Waals surface area contributed by atoms with E-state index in [4.69, 9.17) is 4.74 Å². The SMILES string of the molecule is C=CCCCC=C(C)OC(C)=O. The van der Waals surface area contributed by atoms with Crippen LogP contribution in [0.5, 0.6) is 0 Å². The Kier molecular flexibility index (Phi) is 6.07. The molecule has 12 heavy (non-hydrogen) atoms. The average molecular weight is 168 g/mol. The summed E-state index contributed by atoms with van der Waals surface area (Å²) in [6, 6.07) is 0. The van der Waals surface area contributed by atoms with Crippen LogP contribution < -0.4 is 0 Å². The molecule has 0 aromatic heterocycles. The van der Waals surface area contributed by atoms with Crippen LogP contribution >= 0.6 is 0 Å². The van der Waals surface area contributed by atoms with Gasteiger partial charge in [0.15, 0.2) is 0 Å². The summed E-state index contributed by atoms with van der Waals surface area (Å²) >= 11 is 0. The van der Waals surface area contributed by atoms with Crippen molar-refractivity contribution in [2.45, 2.75) is 33.1 Å². The van der Waals surface area contributed by atoms with E-state index in [1.807, 2.05) is 12.2 Å². The van der Waals surface area contributed by atoms with Gasteiger partial charge < -0.3 is 4.74 Å². The van der Waals surface area contributed by atoms with Gasteiger partial charge in [-0.1, -0.05) is 6.08 Å². The largest absolute Gasteiger partial charge is 0.432 e. The third-order valence-electron chi connectivity index (χ3n) is 1.35. The van der Waals surface area contributed by atoms with Crippen LogP contribution in [0.4, 0.5) is 0 Å². The lowest BCUT2D eigenvalue weighted by molar-refractivity contribution is -0.136. The van der Waals surface area contributed by atoms with Gasteiger partial charge >= 0.3 is 5.97 Å². The molecule has 0 aromatic carbocycles. The summed E-state index contributed by atoms with van der Waals surface area (Å²) < 4.78 is 4.83. The molecule has 2 heteroatoms. The monoisotopic (exact) mass is 168 g/mol. The quantitative estimate of drug-likeness (QED) is 0.273. The van der Waals surface area contributed by atoms with Gasteiger partial charge in [0.25, 0.3) is 0 Å². The van der Waals surface area contributed by atoms with Crippen LogP contribution in [0.3, 0.4) is 0 Å². The van der Waals surface area contributed by atoms with Gasteiger partial charge in [-0.3, -0.25) is 4.79 Å². The minimum absolute atomic E-state index is 0.257. The Morgan fingerprint density at radius 1 is 1.42 bits per heavy atom. The number of esters is 1. The average Bonchev–Trinajstić information content (AvgIpc) is 1.97. The molecule has 68 valence electrons. The maximum atomic E-state index is 10.5. The van der Waals surface area contributed by atoms with Crippen molar-refractivity contribution in [1.82, 2.24) is 0 Å². The van der Waals surface area contributed by atoms with Crippen LogP contribution in [-0.4, -0.2) is 5.97 Å². The van der Waals surface area contributed by atoms with E-state index in [-0.39, 0.29) is 5.97 Å². The smallest absolute Gasteiger partial charge is 0.307 e. The molecule has 0 N–H and O–H groups in total. The van der Waals surface area contributed by atoms with Crippen molar-refractivity contribution in [3.63, 3.8) is 0 Å². The fraction of sp³-hybridized carbons (Fsp3) is 0.500. The summed E-state index contributed by atoms with van der Waals surface area (Å²) in [5.41, 5.74) is 0. The number of allylic oxidation sites excluding steroid dienone is 3. The third-order valence-corrected chi connectivity index (χ3v) is 1.35. The minimum atomic E-state index is -0.257. The predicted octanol–water partition coefficient (Wildman–Crippen LogP) is 2.81. The van der Waals surface area contributed by atoms with Crippen molar-refractivity contribution in [2.75, 3.05) is 0 Å². The molecule has 0 amide bonds. The van der Waals surface area contributed by atoms with Gasteiger partial charge in [0, 0.05) is 6.92 Å². The molecule has 0 saturated heterocycles. The minimum Gasteiger partial charge on any atom is -0.432 e. The zero-order valence-electron chi connectivity index (χ0n) is 7.80. The number of unbranched alkanes of at least 4 members (excludes halogenated alkanes) is 2. The molecule has 0 aromatic rings. The Bertz CT molecular complexity index is 180. The predicted molar refractivity (Wildman–Crippen MR) is 49.6 cm³/mol. The molecule has 0 bridgehead atoms. The van der Waals surface area contributed by atoms with Gasteiger partial charge in [0.05, 0.1) is 0 Å². The summed E-state index contributed by atoms with van der Waals surface area (Å²) in [6.45, 7) is 6.81. The normalized spacial score (nSPS) is 11.0. The van der Waals surface area contributed by atoms with Crippen molar-refractivity contribution in [1.29, 1.82) is 0 Å². The van der Waals surface area contributed by atoms with Gasteiger partial charge in [0.1, 0.15) is 5.76 Å². The van der Waals surface area contributed by atoms with E-state index in [1.54, 1.807) is 6.92 Å². The number of carbonyl (C=O) groups is 1. The summed E-state index contributed by atoms with van der Waals surface area (Å²) in [4.78, 5) is 10.5.